The van der Waals surface area contributed by atoms with Crippen molar-refractivity contribution < 1.29 is 19.4 Å². The third-order valence-corrected chi connectivity index (χ3v) is 3.72. The minimum absolute atomic E-state index is 0.192. The number of aliphatic carboxylic acids is 1. The summed E-state index contributed by atoms with van der Waals surface area (Å²) in [6, 6.07) is 6.77. The lowest BCUT2D eigenvalue weighted by molar-refractivity contribution is -0.139. The molecule has 0 aliphatic heterocycles. The van der Waals surface area contributed by atoms with E-state index in [1.54, 1.807) is 36.2 Å². The second kappa shape index (κ2) is 6.47. The van der Waals surface area contributed by atoms with Crippen molar-refractivity contribution in [3.8, 4) is 5.75 Å². The van der Waals surface area contributed by atoms with E-state index in [2.05, 4.69) is 5.32 Å². The van der Waals surface area contributed by atoms with Crippen LogP contribution < -0.4 is 10.1 Å². The lowest BCUT2D eigenvalue weighted by atomic mass is 10.2. The number of carbonyl (C=O) groups excluding carboxylic acids is 1. The number of hydrogen-bond acceptors (Lipinski definition) is 3. The van der Waals surface area contributed by atoms with Crippen molar-refractivity contribution in [2.24, 2.45) is 5.92 Å². The van der Waals surface area contributed by atoms with Gasteiger partial charge < -0.3 is 20.1 Å². The first-order chi connectivity index (χ1) is 9.99. The van der Waals surface area contributed by atoms with E-state index >= 15 is 0 Å². The smallest absolute Gasteiger partial charge is 0.341 e. The third-order valence-electron chi connectivity index (χ3n) is 3.72. The maximum absolute atomic E-state index is 12.2. The molecule has 6 heteroatoms. The molecule has 1 atom stereocenters. The van der Waals surface area contributed by atoms with Crippen molar-refractivity contribution in [3.63, 3.8) is 0 Å². The van der Waals surface area contributed by atoms with Crippen molar-refractivity contribution in [2.75, 3.05) is 19.0 Å². The number of carboxylic acid groups (broad SMARTS) is 1. The second-order valence-corrected chi connectivity index (χ2v) is 5.30. The first-order valence-electron chi connectivity index (χ1n) is 6.96. The zero-order chi connectivity index (χ0) is 15.4. The van der Waals surface area contributed by atoms with Crippen LogP contribution in [0.25, 0.3) is 0 Å². The van der Waals surface area contributed by atoms with Gasteiger partial charge in [-0.3, -0.25) is 0 Å². The lowest BCUT2D eigenvalue weighted by Gasteiger charge is -2.25. The van der Waals surface area contributed by atoms with Gasteiger partial charge in [0.2, 0.25) is 0 Å². The monoisotopic (exact) mass is 292 g/mol. The zero-order valence-corrected chi connectivity index (χ0v) is 12.2. The fourth-order valence-corrected chi connectivity index (χ4v) is 2.12. The molecule has 0 heterocycles. The Balaban J connectivity index is 2.00. The summed E-state index contributed by atoms with van der Waals surface area (Å²) in [5.74, 6) is -0.129. The molecular formula is C15H20N2O4. The Morgan fingerprint density at radius 3 is 2.71 bits per heavy atom. The van der Waals surface area contributed by atoms with E-state index in [1.807, 2.05) is 6.92 Å². The van der Waals surface area contributed by atoms with Crippen molar-refractivity contribution in [1.29, 1.82) is 0 Å². The Morgan fingerprint density at radius 1 is 1.43 bits per heavy atom. The van der Waals surface area contributed by atoms with Gasteiger partial charge in [0.25, 0.3) is 0 Å². The summed E-state index contributed by atoms with van der Waals surface area (Å²) in [7, 11) is 1.76. The molecule has 2 N–H and O–H groups in total. The third kappa shape index (κ3) is 4.11. The number of benzene rings is 1. The molecule has 1 fully saturated rings. The molecule has 1 aliphatic carbocycles. The van der Waals surface area contributed by atoms with Gasteiger partial charge in [-0.15, -0.1) is 0 Å². The van der Waals surface area contributed by atoms with Gasteiger partial charge >= 0.3 is 12.0 Å². The van der Waals surface area contributed by atoms with Gasteiger partial charge in [-0.2, -0.15) is 0 Å². The van der Waals surface area contributed by atoms with Crippen LogP contribution >= 0.6 is 0 Å². The number of carbonyl (C=O) groups is 2. The van der Waals surface area contributed by atoms with Crippen molar-refractivity contribution in [3.05, 3.63) is 24.3 Å². The number of ether oxygens (including phenoxy) is 1. The van der Waals surface area contributed by atoms with Gasteiger partial charge in [0.1, 0.15) is 5.75 Å². The molecule has 1 unspecified atom stereocenters. The summed E-state index contributed by atoms with van der Waals surface area (Å²) in [6.07, 6.45) is 2.33. The molecule has 2 amide bonds. The molecule has 0 radical (unpaired) electrons. The van der Waals surface area contributed by atoms with Crippen LogP contribution in [0.1, 0.15) is 19.8 Å². The molecule has 0 bridgehead atoms. The topological polar surface area (TPSA) is 78.9 Å². The van der Waals surface area contributed by atoms with Crippen molar-refractivity contribution >= 4 is 17.7 Å². The van der Waals surface area contributed by atoms with E-state index in [1.165, 1.54) is 0 Å². The number of carboxylic acids is 1. The predicted molar refractivity (Wildman–Crippen MR) is 78.5 cm³/mol. The molecule has 0 saturated heterocycles. The largest absolute Gasteiger partial charge is 0.480 e. The first-order valence-corrected chi connectivity index (χ1v) is 6.96. The summed E-state index contributed by atoms with van der Waals surface area (Å²) in [5.41, 5.74) is 0.471. The number of amides is 2. The quantitative estimate of drug-likeness (QED) is 0.844. The van der Waals surface area contributed by atoms with Crippen molar-refractivity contribution in [2.45, 2.75) is 25.8 Å². The fraction of sp³-hybridized carbons (Fsp3) is 0.467. The molecule has 1 saturated carbocycles. The Hall–Kier alpha value is -2.24. The van der Waals surface area contributed by atoms with Crippen LogP contribution in [0.3, 0.4) is 0 Å². The maximum Gasteiger partial charge on any atom is 0.341 e. The molecule has 2 rings (SSSR count). The number of anilines is 1. The molecule has 21 heavy (non-hydrogen) atoms. The Morgan fingerprint density at radius 2 is 2.10 bits per heavy atom. The average molecular weight is 292 g/mol. The molecule has 1 aromatic rings. The first kappa shape index (κ1) is 15.2. The Bertz CT molecular complexity index is 528. The fourth-order valence-electron chi connectivity index (χ4n) is 2.12. The van der Waals surface area contributed by atoms with Crippen LogP contribution in [0.5, 0.6) is 5.75 Å². The Labute approximate surface area is 123 Å². The zero-order valence-electron chi connectivity index (χ0n) is 12.2. The minimum Gasteiger partial charge on any atom is -0.480 e. The molecular weight excluding hydrogens is 272 g/mol. The SMILES string of the molecule is CC(C1CC1)N(C)C(=O)Nc1ccccc1OCC(=O)O. The van der Waals surface area contributed by atoms with E-state index in [0.717, 1.165) is 12.8 Å². The van der Waals surface area contributed by atoms with Gasteiger partial charge in [-0.25, -0.2) is 9.59 Å². The predicted octanol–water partition coefficient (Wildman–Crippen LogP) is 2.41. The molecule has 1 aromatic carbocycles. The molecule has 0 spiro atoms. The molecule has 1 aliphatic rings. The molecule has 6 nitrogen and oxygen atoms in total. The number of rotatable bonds is 6. The van der Waals surface area contributed by atoms with Crippen LogP contribution in [0.4, 0.5) is 10.5 Å². The lowest BCUT2D eigenvalue weighted by Crippen LogP contribution is -2.39. The van der Waals surface area contributed by atoms with E-state index in [0.29, 0.717) is 17.4 Å². The van der Waals surface area contributed by atoms with Gasteiger partial charge in [0, 0.05) is 13.1 Å². The molecule has 114 valence electrons. The number of para-hydroxylation sites is 2. The van der Waals surface area contributed by atoms with Gasteiger partial charge in [0.05, 0.1) is 5.69 Å². The van der Waals surface area contributed by atoms with Crippen LogP contribution in [-0.4, -0.2) is 41.7 Å². The summed E-state index contributed by atoms with van der Waals surface area (Å²) in [5, 5.41) is 11.4. The van der Waals surface area contributed by atoms with Crippen LogP contribution in [0.15, 0.2) is 24.3 Å². The average Bonchev–Trinajstić information content (AvgIpc) is 3.29. The van der Waals surface area contributed by atoms with Crippen LogP contribution in [0, 0.1) is 5.92 Å². The maximum atomic E-state index is 12.2. The van der Waals surface area contributed by atoms with E-state index in [4.69, 9.17) is 9.84 Å². The van der Waals surface area contributed by atoms with Crippen molar-refractivity contribution in [1.82, 2.24) is 4.90 Å². The highest BCUT2D eigenvalue weighted by Gasteiger charge is 2.32. The van der Waals surface area contributed by atoms with Crippen LogP contribution in [0.2, 0.25) is 0 Å². The summed E-state index contributed by atoms with van der Waals surface area (Å²) in [6.45, 7) is 1.59. The Kier molecular flexibility index (Phi) is 4.67. The normalized spacial score (nSPS) is 15.1. The number of urea groups is 1. The van der Waals surface area contributed by atoms with E-state index < -0.39 is 12.6 Å². The van der Waals surface area contributed by atoms with Gasteiger partial charge in [0.15, 0.2) is 6.61 Å². The second-order valence-electron chi connectivity index (χ2n) is 5.30. The highest BCUT2D eigenvalue weighted by atomic mass is 16.5. The van der Waals surface area contributed by atoms with Gasteiger partial charge in [-0.1, -0.05) is 12.1 Å². The number of nitrogens with zero attached hydrogens (tertiary/aromatic N) is 1. The number of hydrogen-bond donors (Lipinski definition) is 2. The highest BCUT2D eigenvalue weighted by Crippen LogP contribution is 2.35. The minimum atomic E-state index is -1.06. The highest BCUT2D eigenvalue weighted by molar-refractivity contribution is 5.91. The summed E-state index contributed by atoms with van der Waals surface area (Å²) < 4.78 is 5.17. The summed E-state index contributed by atoms with van der Waals surface area (Å²) >= 11 is 0. The van der Waals surface area contributed by atoms with E-state index in [-0.39, 0.29) is 12.1 Å². The standard InChI is InChI=1S/C15H20N2O4/c1-10(11-7-8-11)17(2)15(20)16-12-5-3-4-6-13(12)21-9-14(18)19/h3-6,10-11H,7-9H2,1-2H3,(H,16,20)(H,18,19). The number of nitrogens with one attached hydrogen (secondary N) is 1. The molecule has 0 aromatic heterocycles. The van der Waals surface area contributed by atoms with Crippen LogP contribution in [-0.2, 0) is 4.79 Å². The van der Waals surface area contributed by atoms with Gasteiger partial charge in [-0.05, 0) is 37.8 Å². The van der Waals surface area contributed by atoms with E-state index in [9.17, 15) is 9.59 Å². The summed E-state index contributed by atoms with van der Waals surface area (Å²) in [4.78, 5) is 24.5.